The molecule has 0 bridgehead atoms. The molecular formula is C61H52. The Bertz CT molecular complexity index is 3450. The molecule has 11 rings (SSSR count). The van der Waals surface area contributed by atoms with Crippen LogP contribution in [-0.2, 0) is 16.2 Å². The predicted molar refractivity (Wildman–Crippen MR) is 265 cm³/mol. The lowest BCUT2D eigenvalue weighted by Crippen LogP contribution is -2.19. The molecule has 1 aliphatic rings. The van der Waals surface area contributed by atoms with E-state index in [1.54, 1.807) is 0 Å². The number of rotatable bonds is 3. The second-order valence-electron chi connectivity index (χ2n) is 20.2. The number of hydrogen-bond donors (Lipinski definition) is 0. The van der Waals surface area contributed by atoms with Crippen molar-refractivity contribution in [2.45, 2.75) is 71.6 Å². The van der Waals surface area contributed by atoms with Crippen LogP contribution in [0.5, 0.6) is 0 Å². The van der Waals surface area contributed by atoms with E-state index in [0.29, 0.717) is 0 Å². The lowest BCUT2D eigenvalue weighted by molar-refractivity contribution is 0.580. The average molecular weight is 785 g/mol. The molecular weight excluding hydrogens is 733 g/mol. The molecule has 61 heavy (non-hydrogen) atoms. The second-order valence-corrected chi connectivity index (χ2v) is 20.2. The van der Waals surface area contributed by atoms with Crippen LogP contribution >= 0.6 is 0 Å². The molecule has 0 spiro atoms. The Hall–Kier alpha value is -6.50. The van der Waals surface area contributed by atoms with E-state index in [2.05, 4.69) is 225 Å². The number of fused-ring (bicyclic) bond motifs is 10. The van der Waals surface area contributed by atoms with Gasteiger partial charge in [-0.25, -0.2) is 0 Å². The van der Waals surface area contributed by atoms with Crippen molar-refractivity contribution in [1.29, 1.82) is 0 Å². The van der Waals surface area contributed by atoms with Gasteiger partial charge >= 0.3 is 0 Å². The Labute approximate surface area is 360 Å². The molecule has 0 heteroatoms. The summed E-state index contributed by atoms with van der Waals surface area (Å²) >= 11 is 0. The van der Waals surface area contributed by atoms with E-state index in [4.69, 9.17) is 0 Å². The van der Waals surface area contributed by atoms with Crippen LogP contribution in [0, 0.1) is 0 Å². The lowest BCUT2D eigenvalue weighted by Gasteiger charge is -2.27. The van der Waals surface area contributed by atoms with E-state index in [-0.39, 0.29) is 16.2 Å². The maximum absolute atomic E-state index is 2.52. The molecule has 0 radical (unpaired) electrons. The molecule has 0 fully saturated rings. The van der Waals surface area contributed by atoms with Crippen LogP contribution in [0.3, 0.4) is 0 Å². The van der Waals surface area contributed by atoms with Crippen LogP contribution in [0.15, 0.2) is 170 Å². The summed E-state index contributed by atoms with van der Waals surface area (Å²) in [6.07, 6.45) is 0. The maximum Gasteiger partial charge on any atom is 0.0159 e. The molecule has 0 nitrogen and oxygen atoms in total. The van der Waals surface area contributed by atoms with Crippen LogP contribution in [-0.4, -0.2) is 0 Å². The minimum absolute atomic E-state index is 0.0191. The second kappa shape index (κ2) is 13.2. The van der Waals surface area contributed by atoms with Gasteiger partial charge in [-0.3, -0.25) is 0 Å². The third kappa shape index (κ3) is 5.94. The van der Waals surface area contributed by atoms with Gasteiger partial charge in [-0.2, -0.15) is 0 Å². The standard InChI is InChI=1S/C61H52/c1-59(2,3)44-26-28-49-56(33-44)61(7,8)57-34-45(60(4,5)6)32-52(58(49)57)43-25-27-48-53(31-43)51(42-24-22-38-16-10-12-18-40(38)30-42)36-54-47-20-14-13-19-46(47)50(35-55(48)54)41-23-21-37-15-9-11-17-39(37)29-41/h9-36H,1-8H3. The normalized spacial score (nSPS) is 13.7. The molecule has 0 N–H and O–H groups in total. The molecule has 0 saturated heterocycles. The van der Waals surface area contributed by atoms with E-state index in [1.807, 2.05) is 0 Å². The zero-order valence-electron chi connectivity index (χ0n) is 36.7. The van der Waals surface area contributed by atoms with Gasteiger partial charge in [0.2, 0.25) is 0 Å². The van der Waals surface area contributed by atoms with Crippen molar-refractivity contribution in [2.24, 2.45) is 0 Å². The van der Waals surface area contributed by atoms with Gasteiger partial charge in [-0.1, -0.05) is 189 Å². The first-order chi connectivity index (χ1) is 29.2. The fraction of sp³-hybridized carbons (Fsp3) is 0.180. The highest BCUT2D eigenvalue weighted by atomic mass is 14.4. The number of hydrogen-bond acceptors (Lipinski definition) is 0. The van der Waals surface area contributed by atoms with E-state index >= 15 is 0 Å². The summed E-state index contributed by atoms with van der Waals surface area (Å²) in [4.78, 5) is 0. The van der Waals surface area contributed by atoms with Crippen LogP contribution in [0.2, 0.25) is 0 Å². The molecule has 10 aromatic rings. The summed E-state index contributed by atoms with van der Waals surface area (Å²) in [7, 11) is 0. The Kier molecular flexibility index (Phi) is 8.14. The Morgan fingerprint density at radius 1 is 0.311 bits per heavy atom. The van der Waals surface area contributed by atoms with Gasteiger partial charge in [0.15, 0.2) is 0 Å². The molecule has 0 unspecified atom stereocenters. The van der Waals surface area contributed by atoms with E-state index in [9.17, 15) is 0 Å². The fourth-order valence-corrected chi connectivity index (χ4v) is 10.3. The van der Waals surface area contributed by atoms with Gasteiger partial charge in [0.05, 0.1) is 0 Å². The zero-order chi connectivity index (χ0) is 42.0. The van der Waals surface area contributed by atoms with E-state index in [1.165, 1.54) is 121 Å². The quantitative estimate of drug-likeness (QED) is 0.157. The van der Waals surface area contributed by atoms with Crippen LogP contribution in [0.1, 0.15) is 77.6 Å². The minimum Gasteiger partial charge on any atom is -0.0616 e. The SMILES string of the molecule is CC(C)(C)c1ccc2c(c1)C(C)(C)c1cc(C(C)(C)C)cc(-c3ccc4c(c3)c(-c3ccc5ccccc5c3)cc3c5ccccc5c(-c5ccc6ccccc6c5)cc43)c1-2. The summed E-state index contributed by atoms with van der Waals surface area (Å²) in [6.45, 7) is 18.9. The third-order valence-corrected chi connectivity index (χ3v) is 13.9. The Balaban J connectivity index is 1.23. The summed E-state index contributed by atoms with van der Waals surface area (Å²) in [5, 5.41) is 12.7. The van der Waals surface area contributed by atoms with Crippen molar-refractivity contribution >= 4 is 53.9 Å². The molecule has 1 aliphatic carbocycles. The van der Waals surface area contributed by atoms with Crippen molar-refractivity contribution in [3.8, 4) is 44.5 Å². The summed E-state index contributed by atoms with van der Waals surface area (Å²) in [5.74, 6) is 0. The smallest absolute Gasteiger partial charge is 0.0159 e. The van der Waals surface area contributed by atoms with Gasteiger partial charge < -0.3 is 0 Å². The summed E-state index contributed by atoms with van der Waals surface area (Å²) < 4.78 is 0. The van der Waals surface area contributed by atoms with E-state index in [0.717, 1.165) is 0 Å². The first-order valence-electron chi connectivity index (χ1n) is 22.0. The Morgan fingerprint density at radius 2 is 0.803 bits per heavy atom. The minimum atomic E-state index is -0.133. The highest BCUT2D eigenvalue weighted by molar-refractivity contribution is 6.24. The van der Waals surface area contributed by atoms with Crippen LogP contribution in [0.25, 0.3) is 98.4 Å². The zero-order valence-corrected chi connectivity index (χ0v) is 36.7. The van der Waals surface area contributed by atoms with Gasteiger partial charge in [-0.05, 0) is 168 Å². The molecule has 10 aromatic carbocycles. The summed E-state index contributed by atoms with van der Waals surface area (Å²) in [5.41, 5.74) is 15.9. The third-order valence-electron chi connectivity index (χ3n) is 13.9. The Morgan fingerprint density at radius 3 is 1.41 bits per heavy atom. The van der Waals surface area contributed by atoms with Gasteiger partial charge in [-0.15, -0.1) is 0 Å². The van der Waals surface area contributed by atoms with Gasteiger partial charge in [0, 0.05) is 5.41 Å². The maximum atomic E-state index is 2.52. The monoisotopic (exact) mass is 784 g/mol. The van der Waals surface area contributed by atoms with Crippen molar-refractivity contribution in [2.75, 3.05) is 0 Å². The largest absolute Gasteiger partial charge is 0.0616 e. The van der Waals surface area contributed by atoms with E-state index < -0.39 is 0 Å². The number of benzene rings is 10. The first-order valence-corrected chi connectivity index (χ1v) is 22.0. The van der Waals surface area contributed by atoms with Crippen LogP contribution < -0.4 is 0 Å². The van der Waals surface area contributed by atoms with Gasteiger partial charge in [0.1, 0.15) is 0 Å². The highest BCUT2D eigenvalue weighted by Gasteiger charge is 2.39. The highest BCUT2D eigenvalue weighted by Crippen LogP contribution is 2.55. The first kappa shape index (κ1) is 37.5. The van der Waals surface area contributed by atoms with Crippen LogP contribution in [0.4, 0.5) is 0 Å². The predicted octanol–water partition coefficient (Wildman–Crippen LogP) is 17.4. The van der Waals surface area contributed by atoms with Crippen molar-refractivity contribution in [3.05, 3.63) is 192 Å². The molecule has 0 aliphatic heterocycles. The topological polar surface area (TPSA) is 0 Å². The van der Waals surface area contributed by atoms with Crippen molar-refractivity contribution in [1.82, 2.24) is 0 Å². The van der Waals surface area contributed by atoms with Gasteiger partial charge in [0.25, 0.3) is 0 Å². The molecule has 0 aromatic heterocycles. The van der Waals surface area contributed by atoms with Crippen molar-refractivity contribution in [3.63, 3.8) is 0 Å². The average Bonchev–Trinajstić information content (AvgIpc) is 3.49. The molecule has 0 atom stereocenters. The summed E-state index contributed by atoms with van der Waals surface area (Å²) in [6, 6.07) is 65.0. The molecule has 0 heterocycles. The molecule has 0 saturated carbocycles. The lowest BCUT2D eigenvalue weighted by atomic mass is 9.76. The fourth-order valence-electron chi connectivity index (χ4n) is 10.3. The molecule has 0 amide bonds. The molecule has 296 valence electrons. The van der Waals surface area contributed by atoms with Crippen molar-refractivity contribution < 1.29 is 0 Å².